The Hall–Kier alpha value is -0.450. The fourth-order valence-corrected chi connectivity index (χ4v) is 4.29. The summed E-state index contributed by atoms with van der Waals surface area (Å²) in [6.07, 6.45) is 8.15. The molecule has 1 aliphatic heterocycles. The van der Waals surface area contributed by atoms with E-state index in [4.69, 9.17) is 15.5 Å². The summed E-state index contributed by atoms with van der Waals surface area (Å²) in [5, 5.41) is 1.16. The number of thiazole rings is 1. The van der Waals surface area contributed by atoms with Gasteiger partial charge in [-0.05, 0) is 44.9 Å². The van der Waals surface area contributed by atoms with Crippen LogP contribution in [-0.4, -0.2) is 17.7 Å². The van der Waals surface area contributed by atoms with E-state index in [0.717, 1.165) is 37.3 Å². The second-order valence-corrected chi connectivity index (χ2v) is 6.69. The third-order valence-corrected chi connectivity index (χ3v) is 5.60. The Kier molecular flexibility index (Phi) is 3.43. The van der Waals surface area contributed by atoms with E-state index in [-0.39, 0.29) is 5.54 Å². The highest BCUT2D eigenvalue weighted by molar-refractivity contribution is 7.11. The topological polar surface area (TPSA) is 48.1 Å². The number of ether oxygens (including phenoxy) is 1. The van der Waals surface area contributed by atoms with Crippen LogP contribution < -0.4 is 5.73 Å². The monoisotopic (exact) mass is 266 g/mol. The van der Waals surface area contributed by atoms with Gasteiger partial charge in [0.1, 0.15) is 5.01 Å². The van der Waals surface area contributed by atoms with Crippen molar-refractivity contribution >= 4 is 11.3 Å². The molecule has 0 saturated carbocycles. The number of fused-ring (bicyclic) bond motifs is 1. The molecule has 0 amide bonds. The molecule has 1 fully saturated rings. The van der Waals surface area contributed by atoms with Gasteiger partial charge in [-0.15, -0.1) is 11.3 Å². The lowest BCUT2D eigenvalue weighted by molar-refractivity contribution is -0.0214. The number of hydrogen-bond donors (Lipinski definition) is 1. The quantitative estimate of drug-likeness (QED) is 0.895. The maximum Gasteiger partial charge on any atom is 0.113 e. The molecule has 2 atom stereocenters. The lowest BCUT2D eigenvalue weighted by atomic mass is 9.87. The van der Waals surface area contributed by atoms with Crippen molar-refractivity contribution in [2.45, 2.75) is 63.5 Å². The van der Waals surface area contributed by atoms with Gasteiger partial charge in [-0.1, -0.05) is 6.92 Å². The van der Waals surface area contributed by atoms with Crippen LogP contribution in [0.5, 0.6) is 0 Å². The van der Waals surface area contributed by atoms with Crippen molar-refractivity contribution < 1.29 is 4.74 Å². The number of aromatic nitrogens is 1. The van der Waals surface area contributed by atoms with Crippen LogP contribution in [0.4, 0.5) is 0 Å². The van der Waals surface area contributed by atoms with E-state index in [9.17, 15) is 0 Å². The largest absolute Gasteiger partial charge is 0.378 e. The van der Waals surface area contributed by atoms with Gasteiger partial charge < -0.3 is 10.5 Å². The molecular formula is C14H22N2OS. The highest BCUT2D eigenvalue weighted by Crippen LogP contribution is 2.38. The van der Waals surface area contributed by atoms with Crippen molar-refractivity contribution in [2.24, 2.45) is 5.73 Å². The van der Waals surface area contributed by atoms with Gasteiger partial charge in [0, 0.05) is 11.5 Å². The summed E-state index contributed by atoms with van der Waals surface area (Å²) >= 11 is 1.86. The van der Waals surface area contributed by atoms with Gasteiger partial charge >= 0.3 is 0 Å². The minimum atomic E-state index is -0.235. The van der Waals surface area contributed by atoms with Crippen molar-refractivity contribution in [3.05, 3.63) is 15.6 Å². The van der Waals surface area contributed by atoms with E-state index in [1.165, 1.54) is 29.8 Å². The minimum Gasteiger partial charge on any atom is -0.378 e. The molecule has 3 nitrogen and oxygen atoms in total. The number of nitrogens with zero attached hydrogens (tertiary/aromatic N) is 1. The number of nitrogens with two attached hydrogens (primary N) is 1. The summed E-state index contributed by atoms with van der Waals surface area (Å²) in [7, 11) is 0. The number of aryl methyl sites for hydroxylation is 2. The smallest absolute Gasteiger partial charge is 0.113 e. The van der Waals surface area contributed by atoms with Crippen LogP contribution in [0.25, 0.3) is 0 Å². The van der Waals surface area contributed by atoms with Crippen molar-refractivity contribution in [1.82, 2.24) is 4.98 Å². The van der Waals surface area contributed by atoms with Crippen LogP contribution >= 0.6 is 11.3 Å². The molecular weight excluding hydrogens is 244 g/mol. The van der Waals surface area contributed by atoms with Crippen LogP contribution in [-0.2, 0) is 23.1 Å². The molecule has 2 N–H and O–H groups in total. The third kappa shape index (κ3) is 2.22. The van der Waals surface area contributed by atoms with E-state index < -0.39 is 0 Å². The van der Waals surface area contributed by atoms with Gasteiger partial charge in [0.25, 0.3) is 0 Å². The molecule has 0 aromatic carbocycles. The van der Waals surface area contributed by atoms with Crippen LogP contribution in [0, 0.1) is 0 Å². The van der Waals surface area contributed by atoms with E-state index >= 15 is 0 Å². The summed E-state index contributed by atoms with van der Waals surface area (Å²) in [4.78, 5) is 6.34. The number of hydrogen-bond acceptors (Lipinski definition) is 4. The predicted molar refractivity (Wildman–Crippen MR) is 73.9 cm³/mol. The molecule has 2 aliphatic rings. The Labute approximate surface area is 113 Å². The lowest BCUT2D eigenvalue weighted by Crippen LogP contribution is -2.45. The van der Waals surface area contributed by atoms with Gasteiger partial charge in [-0.25, -0.2) is 4.98 Å². The minimum absolute atomic E-state index is 0.235. The van der Waals surface area contributed by atoms with Crippen LogP contribution in [0.2, 0.25) is 0 Å². The Morgan fingerprint density at radius 2 is 2.28 bits per heavy atom. The zero-order chi connectivity index (χ0) is 12.6. The molecule has 18 heavy (non-hydrogen) atoms. The molecule has 4 heteroatoms. The Bertz CT molecular complexity index is 408. The van der Waals surface area contributed by atoms with Gasteiger partial charge in [-0.2, -0.15) is 0 Å². The van der Waals surface area contributed by atoms with Crippen LogP contribution in [0.15, 0.2) is 0 Å². The molecule has 1 saturated heterocycles. The predicted octanol–water partition coefficient (Wildman–Crippen LogP) is 2.76. The average Bonchev–Trinajstić information content (AvgIpc) is 2.83. The van der Waals surface area contributed by atoms with Gasteiger partial charge in [-0.3, -0.25) is 0 Å². The molecule has 2 heterocycles. The first-order valence-electron chi connectivity index (χ1n) is 7.11. The Morgan fingerprint density at radius 1 is 1.44 bits per heavy atom. The Balaban J connectivity index is 1.86. The van der Waals surface area contributed by atoms with Crippen molar-refractivity contribution in [2.75, 3.05) is 6.61 Å². The summed E-state index contributed by atoms with van der Waals surface area (Å²) < 4.78 is 5.74. The molecule has 3 rings (SSSR count). The fraction of sp³-hybridized carbons (Fsp3) is 0.786. The molecule has 1 aromatic rings. The molecule has 0 spiro atoms. The normalized spacial score (nSPS) is 32.2. The SMILES string of the molecule is CCC1CC(N)(c2nc3c(s2)CCCC3)CCO1. The van der Waals surface area contributed by atoms with Gasteiger partial charge in [0.15, 0.2) is 0 Å². The highest BCUT2D eigenvalue weighted by atomic mass is 32.1. The van der Waals surface area contributed by atoms with Gasteiger partial charge in [0.05, 0.1) is 17.3 Å². The van der Waals surface area contributed by atoms with Crippen LogP contribution in [0.3, 0.4) is 0 Å². The van der Waals surface area contributed by atoms with Gasteiger partial charge in [0.2, 0.25) is 0 Å². The number of rotatable bonds is 2. The van der Waals surface area contributed by atoms with E-state index in [0.29, 0.717) is 6.10 Å². The maximum absolute atomic E-state index is 6.63. The maximum atomic E-state index is 6.63. The summed E-state index contributed by atoms with van der Waals surface area (Å²) in [5.41, 5.74) is 7.72. The first kappa shape index (κ1) is 12.6. The van der Waals surface area contributed by atoms with Crippen molar-refractivity contribution in [1.29, 1.82) is 0 Å². The molecule has 0 bridgehead atoms. The van der Waals surface area contributed by atoms with Crippen molar-refractivity contribution in [3.8, 4) is 0 Å². The average molecular weight is 266 g/mol. The second kappa shape index (κ2) is 4.91. The molecule has 0 radical (unpaired) electrons. The zero-order valence-electron chi connectivity index (χ0n) is 11.1. The summed E-state index contributed by atoms with van der Waals surface area (Å²) in [6.45, 7) is 2.95. The molecule has 1 aromatic heterocycles. The molecule has 100 valence electrons. The standard InChI is InChI=1S/C14H22N2OS/c1-2-10-9-14(15,7-8-17-10)13-16-11-5-3-4-6-12(11)18-13/h10H,2-9,15H2,1H3. The zero-order valence-corrected chi connectivity index (χ0v) is 11.9. The molecule has 2 unspecified atom stereocenters. The first-order valence-corrected chi connectivity index (χ1v) is 7.92. The van der Waals surface area contributed by atoms with Crippen LogP contribution in [0.1, 0.15) is 54.6 Å². The summed E-state index contributed by atoms with van der Waals surface area (Å²) in [5.74, 6) is 0. The molecule has 1 aliphatic carbocycles. The Morgan fingerprint density at radius 3 is 3.06 bits per heavy atom. The fourth-order valence-electron chi connectivity index (χ4n) is 3.00. The van der Waals surface area contributed by atoms with E-state index in [1.807, 2.05) is 11.3 Å². The van der Waals surface area contributed by atoms with E-state index in [1.54, 1.807) is 0 Å². The van der Waals surface area contributed by atoms with Crippen molar-refractivity contribution in [3.63, 3.8) is 0 Å². The third-order valence-electron chi connectivity index (χ3n) is 4.22. The van der Waals surface area contributed by atoms with E-state index in [2.05, 4.69) is 6.92 Å². The first-order chi connectivity index (χ1) is 8.71. The lowest BCUT2D eigenvalue weighted by Gasteiger charge is -2.36. The second-order valence-electron chi connectivity index (χ2n) is 5.61. The highest BCUT2D eigenvalue weighted by Gasteiger charge is 2.37. The summed E-state index contributed by atoms with van der Waals surface area (Å²) in [6, 6.07) is 0.